The van der Waals surface area contributed by atoms with Crippen LogP contribution in [0.2, 0.25) is 0 Å². The molecule has 0 amide bonds. The predicted octanol–water partition coefficient (Wildman–Crippen LogP) is 3.24. The van der Waals surface area contributed by atoms with Gasteiger partial charge in [0.25, 0.3) is 0 Å². The summed E-state index contributed by atoms with van der Waals surface area (Å²) in [6, 6.07) is 0. The van der Waals surface area contributed by atoms with Crippen LogP contribution in [0.4, 0.5) is 0 Å². The third kappa shape index (κ3) is 5.37. The summed E-state index contributed by atoms with van der Waals surface area (Å²) in [6.45, 7) is 4.25. The molecule has 0 aliphatic heterocycles. The van der Waals surface area contributed by atoms with Crippen LogP contribution >= 0.6 is 0 Å². The van der Waals surface area contributed by atoms with Gasteiger partial charge in [0.1, 0.15) is 5.78 Å². The zero-order valence-electron chi connectivity index (χ0n) is 12.9. The summed E-state index contributed by atoms with van der Waals surface area (Å²) in [6.07, 6.45) is 9.92. The monoisotopic (exact) mass is 282 g/mol. The summed E-state index contributed by atoms with van der Waals surface area (Å²) in [5.41, 5.74) is 0. The van der Waals surface area contributed by atoms with Crippen LogP contribution in [0.3, 0.4) is 0 Å². The molecular weight excluding hydrogens is 252 g/mol. The van der Waals surface area contributed by atoms with Crippen molar-refractivity contribution in [1.29, 1.82) is 0 Å². The molecule has 1 aliphatic rings. The average molecular weight is 282 g/mol. The summed E-state index contributed by atoms with van der Waals surface area (Å²) >= 11 is 0. The molecule has 0 aromatic rings. The Morgan fingerprint density at radius 2 is 1.95 bits per heavy atom. The highest BCUT2D eigenvalue weighted by atomic mass is 16.3. The van der Waals surface area contributed by atoms with Gasteiger partial charge in [-0.1, -0.05) is 58.1 Å². The number of carbonyl (C=O) groups is 1. The summed E-state index contributed by atoms with van der Waals surface area (Å²) < 4.78 is 0. The van der Waals surface area contributed by atoms with E-state index in [0.29, 0.717) is 0 Å². The van der Waals surface area contributed by atoms with Crippen LogP contribution in [-0.2, 0) is 4.79 Å². The molecule has 1 aliphatic carbocycles. The maximum atomic E-state index is 11.9. The molecule has 4 unspecified atom stereocenters. The minimum absolute atomic E-state index is 0.0518. The highest BCUT2D eigenvalue weighted by Crippen LogP contribution is 2.34. The molecule has 1 rings (SSSR count). The average Bonchev–Trinajstić information content (AvgIpc) is 2.68. The van der Waals surface area contributed by atoms with E-state index in [0.717, 1.165) is 44.9 Å². The van der Waals surface area contributed by atoms with Crippen molar-refractivity contribution >= 4 is 5.78 Å². The molecule has 0 saturated heterocycles. The largest absolute Gasteiger partial charge is 0.392 e. The minimum Gasteiger partial charge on any atom is -0.392 e. The third-order valence-corrected chi connectivity index (χ3v) is 4.26. The van der Waals surface area contributed by atoms with E-state index >= 15 is 0 Å². The van der Waals surface area contributed by atoms with Crippen LogP contribution in [0.1, 0.15) is 65.2 Å². The Labute approximate surface area is 123 Å². The van der Waals surface area contributed by atoms with E-state index in [2.05, 4.69) is 13.8 Å². The normalized spacial score (nSPS) is 28.4. The molecule has 0 radical (unpaired) electrons. The van der Waals surface area contributed by atoms with E-state index in [-0.39, 0.29) is 24.0 Å². The molecule has 0 heterocycles. The lowest BCUT2D eigenvalue weighted by molar-refractivity contribution is -0.121. The predicted molar refractivity (Wildman–Crippen MR) is 81.4 cm³/mol. The zero-order valence-corrected chi connectivity index (χ0v) is 12.9. The van der Waals surface area contributed by atoms with Gasteiger partial charge in [-0.25, -0.2) is 0 Å². The maximum absolute atomic E-state index is 11.9. The summed E-state index contributed by atoms with van der Waals surface area (Å²) in [4.78, 5) is 11.9. The highest BCUT2D eigenvalue weighted by molar-refractivity contribution is 5.84. The van der Waals surface area contributed by atoms with Crippen molar-refractivity contribution < 1.29 is 15.0 Å². The van der Waals surface area contributed by atoms with Crippen molar-refractivity contribution in [3.63, 3.8) is 0 Å². The molecule has 0 bridgehead atoms. The van der Waals surface area contributed by atoms with Gasteiger partial charge in [-0.2, -0.15) is 0 Å². The molecule has 0 aromatic carbocycles. The number of aliphatic hydroxyl groups is 2. The van der Waals surface area contributed by atoms with E-state index in [1.165, 1.54) is 0 Å². The van der Waals surface area contributed by atoms with Gasteiger partial charge in [0.2, 0.25) is 0 Å². The van der Waals surface area contributed by atoms with Crippen LogP contribution in [0, 0.1) is 11.8 Å². The van der Waals surface area contributed by atoms with Crippen molar-refractivity contribution in [1.82, 2.24) is 0 Å². The summed E-state index contributed by atoms with van der Waals surface area (Å²) in [5.74, 6) is 0.0278. The van der Waals surface area contributed by atoms with Crippen molar-refractivity contribution in [2.75, 3.05) is 0 Å². The minimum atomic E-state index is -0.566. The van der Waals surface area contributed by atoms with Gasteiger partial charge in [0, 0.05) is 18.3 Å². The fourth-order valence-electron chi connectivity index (χ4n) is 2.97. The van der Waals surface area contributed by atoms with Crippen molar-refractivity contribution in [2.45, 2.75) is 77.4 Å². The van der Waals surface area contributed by atoms with Gasteiger partial charge in [-0.3, -0.25) is 4.79 Å². The SMILES string of the molecule is CCCCCC(O)/C=C/C1C(O)CC(=O)C1CCCC. The highest BCUT2D eigenvalue weighted by Gasteiger charge is 2.39. The van der Waals surface area contributed by atoms with Crippen LogP contribution < -0.4 is 0 Å². The van der Waals surface area contributed by atoms with E-state index < -0.39 is 12.2 Å². The lowest BCUT2D eigenvalue weighted by Gasteiger charge is -2.17. The van der Waals surface area contributed by atoms with Crippen LogP contribution in [0.5, 0.6) is 0 Å². The first-order valence-corrected chi connectivity index (χ1v) is 8.17. The van der Waals surface area contributed by atoms with E-state index in [1.807, 2.05) is 6.08 Å². The molecule has 0 spiro atoms. The Bertz CT molecular complexity index is 311. The smallest absolute Gasteiger partial charge is 0.139 e. The van der Waals surface area contributed by atoms with Gasteiger partial charge in [-0.05, 0) is 12.8 Å². The second-order valence-electron chi connectivity index (χ2n) is 6.01. The Morgan fingerprint density at radius 3 is 2.60 bits per heavy atom. The third-order valence-electron chi connectivity index (χ3n) is 4.26. The first-order chi connectivity index (χ1) is 9.60. The maximum Gasteiger partial charge on any atom is 0.139 e. The number of carbonyl (C=O) groups excluding carboxylic acids is 1. The van der Waals surface area contributed by atoms with Gasteiger partial charge in [0.15, 0.2) is 0 Å². The Hall–Kier alpha value is -0.670. The fourth-order valence-corrected chi connectivity index (χ4v) is 2.97. The molecule has 20 heavy (non-hydrogen) atoms. The summed E-state index contributed by atoms with van der Waals surface area (Å²) in [5, 5.41) is 19.9. The van der Waals surface area contributed by atoms with E-state index in [4.69, 9.17) is 0 Å². The van der Waals surface area contributed by atoms with Gasteiger partial charge < -0.3 is 10.2 Å². The van der Waals surface area contributed by atoms with Crippen molar-refractivity contribution in [3.05, 3.63) is 12.2 Å². The molecule has 1 fully saturated rings. The van der Waals surface area contributed by atoms with E-state index in [1.54, 1.807) is 6.08 Å². The van der Waals surface area contributed by atoms with E-state index in [9.17, 15) is 15.0 Å². The first kappa shape index (κ1) is 17.4. The number of ketones is 1. The van der Waals surface area contributed by atoms with Gasteiger partial charge in [0.05, 0.1) is 12.2 Å². The number of rotatable bonds is 9. The zero-order chi connectivity index (χ0) is 15.0. The Kier molecular flexibility index (Phi) is 8.08. The number of hydrogen-bond acceptors (Lipinski definition) is 3. The summed E-state index contributed by atoms with van der Waals surface area (Å²) in [7, 11) is 0. The number of Topliss-reactive ketones (excluding diaryl/α,β-unsaturated/α-hetero) is 1. The fraction of sp³-hybridized carbons (Fsp3) is 0.824. The molecule has 3 nitrogen and oxygen atoms in total. The van der Waals surface area contributed by atoms with Gasteiger partial charge >= 0.3 is 0 Å². The standard InChI is InChI=1S/C17H30O3/c1-3-5-7-8-13(18)10-11-15-14(9-6-4-2)16(19)12-17(15)20/h10-11,13-15,17-18,20H,3-9,12H2,1-2H3/b11-10+. The lowest BCUT2D eigenvalue weighted by atomic mass is 9.89. The first-order valence-electron chi connectivity index (χ1n) is 8.17. The number of unbranched alkanes of at least 4 members (excludes halogenated alkanes) is 3. The molecule has 2 N–H and O–H groups in total. The molecule has 116 valence electrons. The Morgan fingerprint density at radius 1 is 1.25 bits per heavy atom. The molecule has 3 heteroatoms. The van der Waals surface area contributed by atoms with Crippen LogP contribution in [0.15, 0.2) is 12.2 Å². The lowest BCUT2D eigenvalue weighted by Crippen LogP contribution is -2.19. The van der Waals surface area contributed by atoms with Crippen molar-refractivity contribution in [3.8, 4) is 0 Å². The molecule has 1 saturated carbocycles. The number of aliphatic hydroxyl groups excluding tert-OH is 2. The van der Waals surface area contributed by atoms with Crippen LogP contribution in [0.25, 0.3) is 0 Å². The Balaban J connectivity index is 2.51. The quantitative estimate of drug-likeness (QED) is 0.504. The molecular formula is C17H30O3. The second-order valence-corrected chi connectivity index (χ2v) is 6.01. The van der Waals surface area contributed by atoms with Crippen LogP contribution in [-0.4, -0.2) is 28.2 Å². The topological polar surface area (TPSA) is 57.5 Å². The second kappa shape index (κ2) is 9.30. The van der Waals surface area contributed by atoms with Gasteiger partial charge in [-0.15, -0.1) is 0 Å². The van der Waals surface area contributed by atoms with Crippen molar-refractivity contribution in [2.24, 2.45) is 11.8 Å². The molecule has 0 aromatic heterocycles. The number of hydrogen-bond donors (Lipinski definition) is 2. The molecule has 4 atom stereocenters.